The number of fused-ring (bicyclic) bond motifs is 1. The average molecular weight is 447 g/mol. The summed E-state index contributed by atoms with van der Waals surface area (Å²) in [5, 5.41) is 58.8. The van der Waals surface area contributed by atoms with Gasteiger partial charge in [0.1, 0.15) is 36.6 Å². The van der Waals surface area contributed by atoms with Gasteiger partial charge in [-0.1, -0.05) is 29.8 Å². The predicted octanol–water partition coefficient (Wildman–Crippen LogP) is -1.47. The minimum Gasteiger partial charge on any atom is -0.394 e. The van der Waals surface area contributed by atoms with Gasteiger partial charge in [-0.2, -0.15) is 0 Å². The first kappa shape index (κ1) is 23.9. The number of aliphatic hydroxyl groups is 6. The molecule has 0 spiro atoms. The highest BCUT2D eigenvalue weighted by atomic mass is 32.2. The Morgan fingerprint density at radius 3 is 2.10 bits per heavy atom. The molecule has 0 aliphatic carbocycles. The number of hydrogen-bond acceptors (Lipinski definition) is 10. The monoisotopic (exact) mass is 446 g/mol. The van der Waals surface area contributed by atoms with Crippen LogP contribution in [-0.2, 0) is 20.0 Å². The van der Waals surface area contributed by atoms with E-state index in [4.69, 9.17) is 14.2 Å². The van der Waals surface area contributed by atoms with Gasteiger partial charge in [0, 0.05) is 5.75 Å². The van der Waals surface area contributed by atoms with Gasteiger partial charge < -0.3 is 44.8 Å². The number of thioether (sulfide) groups is 1. The quantitative estimate of drug-likeness (QED) is 0.280. The second-order valence-corrected chi connectivity index (χ2v) is 8.81. The summed E-state index contributed by atoms with van der Waals surface area (Å²) in [5.41, 5.74) is 2.17. The van der Waals surface area contributed by atoms with Gasteiger partial charge in [0.05, 0.1) is 31.2 Å². The molecule has 6 N–H and O–H groups in total. The lowest BCUT2D eigenvalue weighted by Crippen LogP contribution is -2.67. The molecule has 1 aromatic carbocycles. The number of aliphatic hydroxyl groups excluding tert-OH is 6. The minimum atomic E-state index is -1.38. The Morgan fingerprint density at radius 2 is 1.53 bits per heavy atom. The van der Waals surface area contributed by atoms with E-state index in [1.807, 2.05) is 31.2 Å². The van der Waals surface area contributed by atoms with E-state index in [9.17, 15) is 30.6 Å². The molecule has 2 fully saturated rings. The first-order chi connectivity index (χ1) is 14.4. The number of hydrogen-bond donors (Lipinski definition) is 6. The molecule has 2 heterocycles. The van der Waals surface area contributed by atoms with Gasteiger partial charge in [-0.25, -0.2) is 0 Å². The molecule has 10 heteroatoms. The van der Waals surface area contributed by atoms with Gasteiger partial charge in [0.15, 0.2) is 6.29 Å². The highest BCUT2D eigenvalue weighted by Crippen LogP contribution is 2.39. The molecule has 30 heavy (non-hydrogen) atoms. The van der Waals surface area contributed by atoms with E-state index in [0.717, 1.165) is 11.1 Å². The van der Waals surface area contributed by atoms with Crippen LogP contribution in [0.5, 0.6) is 0 Å². The van der Waals surface area contributed by atoms with Crippen molar-refractivity contribution in [1.82, 2.24) is 0 Å². The first-order valence-electron chi connectivity index (χ1n) is 9.89. The number of ether oxygens (including phenoxy) is 3. The predicted molar refractivity (Wildman–Crippen MR) is 108 cm³/mol. The van der Waals surface area contributed by atoms with E-state index in [1.54, 1.807) is 0 Å². The Labute approximate surface area is 179 Å². The van der Waals surface area contributed by atoms with Crippen molar-refractivity contribution in [2.75, 3.05) is 19.8 Å². The summed E-state index contributed by atoms with van der Waals surface area (Å²) in [6.07, 6.45) is -8.89. The molecule has 3 rings (SSSR count). The molecule has 0 bridgehead atoms. The van der Waals surface area contributed by atoms with Crippen LogP contribution in [0.4, 0.5) is 0 Å². The van der Waals surface area contributed by atoms with Crippen molar-refractivity contribution in [3.8, 4) is 0 Å². The Morgan fingerprint density at radius 1 is 0.933 bits per heavy atom. The van der Waals surface area contributed by atoms with Crippen molar-refractivity contribution in [2.24, 2.45) is 0 Å². The van der Waals surface area contributed by atoms with Crippen LogP contribution in [0.3, 0.4) is 0 Å². The van der Waals surface area contributed by atoms with Crippen molar-refractivity contribution in [2.45, 2.75) is 66.9 Å². The SMILES string of the molecule is Cc1ccc(CS[C@H]2[C@H](O)[C@@H](CO)O[C@@H]3O[C@H]([C@H](O)CO)[C@@H]([C@@H](O)CO)O[C@@H]32)cc1. The van der Waals surface area contributed by atoms with E-state index in [2.05, 4.69) is 0 Å². The number of aryl methyl sites for hydroxylation is 1. The van der Waals surface area contributed by atoms with Gasteiger partial charge in [-0.05, 0) is 12.5 Å². The Kier molecular flexibility index (Phi) is 8.50. The Hall–Kier alpha value is -0.790. The molecule has 0 radical (unpaired) electrons. The van der Waals surface area contributed by atoms with Crippen LogP contribution in [0, 0.1) is 6.92 Å². The summed E-state index contributed by atoms with van der Waals surface area (Å²) in [4.78, 5) is 0. The zero-order chi connectivity index (χ0) is 21.8. The fourth-order valence-electron chi connectivity index (χ4n) is 3.68. The fourth-order valence-corrected chi connectivity index (χ4v) is 5.01. The highest BCUT2D eigenvalue weighted by Gasteiger charge is 2.54. The van der Waals surface area contributed by atoms with Crippen molar-refractivity contribution >= 4 is 11.8 Å². The maximum Gasteiger partial charge on any atom is 0.186 e. The molecule has 9 atom stereocenters. The van der Waals surface area contributed by atoms with Crippen LogP contribution >= 0.6 is 11.8 Å². The molecule has 2 aliphatic heterocycles. The lowest BCUT2D eigenvalue weighted by molar-refractivity contribution is -0.361. The molecule has 0 unspecified atom stereocenters. The van der Waals surface area contributed by atoms with E-state index < -0.39 is 74.1 Å². The van der Waals surface area contributed by atoms with Crippen molar-refractivity contribution < 1.29 is 44.8 Å². The summed E-state index contributed by atoms with van der Waals surface area (Å²) in [6.45, 7) is 0.277. The highest BCUT2D eigenvalue weighted by molar-refractivity contribution is 7.99. The third-order valence-corrected chi connectivity index (χ3v) is 6.86. The van der Waals surface area contributed by atoms with Crippen molar-refractivity contribution in [3.63, 3.8) is 0 Å². The zero-order valence-corrected chi connectivity index (χ0v) is 17.5. The molecular weight excluding hydrogens is 416 g/mol. The molecule has 170 valence electrons. The summed E-state index contributed by atoms with van der Waals surface area (Å²) in [6, 6.07) is 7.95. The van der Waals surface area contributed by atoms with Crippen LogP contribution in [0.2, 0.25) is 0 Å². The molecule has 0 aromatic heterocycles. The molecule has 2 saturated heterocycles. The third-order valence-electron chi connectivity index (χ3n) is 5.42. The molecule has 0 saturated carbocycles. The smallest absolute Gasteiger partial charge is 0.186 e. The number of benzene rings is 1. The average Bonchev–Trinajstić information content (AvgIpc) is 2.77. The lowest BCUT2D eigenvalue weighted by atomic mass is 9.96. The fraction of sp³-hybridized carbons (Fsp3) is 0.700. The van der Waals surface area contributed by atoms with Crippen LogP contribution in [0.25, 0.3) is 0 Å². The van der Waals surface area contributed by atoms with Gasteiger partial charge in [0.2, 0.25) is 0 Å². The topological polar surface area (TPSA) is 149 Å². The Balaban J connectivity index is 1.81. The van der Waals surface area contributed by atoms with E-state index in [0.29, 0.717) is 5.75 Å². The summed E-state index contributed by atoms with van der Waals surface area (Å²) in [5.74, 6) is 0.558. The molecule has 9 nitrogen and oxygen atoms in total. The van der Waals surface area contributed by atoms with Crippen LogP contribution in [0.1, 0.15) is 11.1 Å². The minimum absolute atomic E-state index is 0.439. The summed E-state index contributed by atoms with van der Waals surface area (Å²) in [7, 11) is 0. The van der Waals surface area contributed by atoms with Crippen LogP contribution < -0.4 is 0 Å². The zero-order valence-electron chi connectivity index (χ0n) is 16.7. The van der Waals surface area contributed by atoms with Crippen molar-refractivity contribution in [3.05, 3.63) is 35.4 Å². The van der Waals surface area contributed by atoms with Gasteiger partial charge in [-0.15, -0.1) is 11.8 Å². The van der Waals surface area contributed by atoms with E-state index in [1.165, 1.54) is 11.8 Å². The maximum atomic E-state index is 10.8. The second kappa shape index (κ2) is 10.7. The third kappa shape index (κ3) is 5.16. The maximum absolute atomic E-state index is 10.8. The van der Waals surface area contributed by atoms with Gasteiger partial charge in [0.25, 0.3) is 0 Å². The summed E-state index contributed by atoms with van der Waals surface area (Å²) >= 11 is 1.40. The standard InChI is InChI=1S/C20H30O9S/c1-10-2-4-11(5-3-10)9-30-19-15(26)14(8-23)27-20-18(19)28-16(12(24)6-21)17(29-20)13(25)7-22/h2-5,12-26H,6-9H2,1H3/t12-,13+,14+,15+,16+,17+,18+,19-,20+/m0/s1. The largest absolute Gasteiger partial charge is 0.394 e. The first-order valence-corrected chi connectivity index (χ1v) is 10.9. The van der Waals surface area contributed by atoms with Gasteiger partial charge in [-0.3, -0.25) is 0 Å². The molecule has 0 amide bonds. The normalized spacial score (nSPS) is 36.2. The second-order valence-electron chi connectivity index (χ2n) is 7.64. The lowest BCUT2D eigenvalue weighted by Gasteiger charge is -2.51. The van der Waals surface area contributed by atoms with Crippen LogP contribution in [-0.4, -0.2) is 105 Å². The number of rotatable bonds is 8. The van der Waals surface area contributed by atoms with E-state index in [-0.39, 0.29) is 0 Å². The van der Waals surface area contributed by atoms with E-state index >= 15 is 0 Å². The molecular formula is C20H30O9S. The summed E-state index contributed by atoms with van der Waals surface area (Å²) < 4.78 is 17.4. The van der Waals surface area contributed by atoms with Crippen molar-refractivity contribution in [1.29, 1.82) is 0 Å². The van der Waals surface area contributed by atoms with Gasteiger partial charge >= 0.3 is 0 Å². The Bertz CT molecular complexity index is 660. The molecule has 2 aliphatic rings. The van der Waals surface area contributed by atoms with Crippen LogP contribution in [0.15, 0.2) is 24.3 Å². The molecule has 1 aromatic rings.